The number of carbonyl (C=O) groups excluding carboxylic acids is 1. The average molecular weight is 355 g/mol. The minimum atomic E-state index is -4.52. The smallest absolute Gasteiger partial charge is 0.408 e. The number of alkyl halides is 3. The lowest BCUT2D eigenvalue weighted by Gasteiger charge is -2.39. The topological polar surface area (TPSA) is 55.6 Å². The van der Waals surface area contributed by atoms with Crippen LogP contribution in [-0.4, -0.2) is 42.2 Å². The maximum atomic E-state index is 13.0. The lowest BCUT2D eigenvalue weighted by atomic mass is 9.98. The minimum Gasteiger partial charge on any atom is -0.482 e. The Labute approximate surface area is 135 Å². The number of hydrogen-bond donors (Lipinski definition) is 1. The Hall–Kier alpha value is -1.54. The van der Waals surface area contributed by atoms with Crippen molar-refractivity contribution in [3.05, 3.63) is 29.0 Å². The first kappa shape index (κ1) is 17.8. The highest BCUT2D eigenvalue weighted by molar-refractivity contribution is 6.32. The molecule has 1 aromatic carbocycles. The van der Waals surface area contributed by atoms with Gasteiger partial charge < -0.3 is 15.4 Å². The van der Waals surface area contributed by atoms with Crippen LogP contribution in [0.15, 0.2) is 18.2 Å². The summed E-state index contributed by atoms with van der Waals surface area (Å²) in [5.41, 5.74) is 5.65. The summed E-state index contributed by atoms with van der Waals surface area (Å²) >= 11 is 5.73. The Morgan fingerprint density at radius 1 is 1.39 bits per heavy atom. The summed E-state index contributed by atoms with van der Waals surface area (Å²) < 4.78 is 57.1. The Morgan fingerprint density at radius 2 is 2.09 bits per heavy atom. The number of rotatable bonds is 3. The van der Waals surface area contributed by atoms with E-state index in [1.807, 2.05) is 0 Å². The van der Waals surface area contributed by atoms with E-state index >= 15 is 0 Å². The molecular formula is C14H15ClF4N2O2. The first-order valence-electron chi connectivity index (χ1n) is 6.88. The van der Waals surface area contributed by atoms with Gasteiger partial charge in [0.2, 0.25) is 0 Å². The Balaban J connectivity index is 2.05. The summed E-state index contributed by atoms with van der Waals surface area (Å²) in [4.78, 5) is 12.8. The molecular weight excluding hydrogens is 340 g/mol. The molecule has 1 aliphatic heterocycles. The Bertz CT molecular complexity index is 582. The molecule has 1 aliphatic rings. The summed E-state index contributed by atoms with van der Waals surface area (Å²) in [6.45, 7) is -0.825. The van der Waals surface area contributed by atoms with Crippen LogP contribution in [-0.2, 0) is 4.79 Å². The molecule has 4 nitrogen and oxygen atoms in total. The molecule has 23 heavy (non-hydrogen) atoms. The van der Waals surface area contributed by atoms with Gasteiger partial charge in [-0.2, -0.15) is 13.2 Å². The summed E-state index contributed by atoms with van der Waals surface area (Å²) in [5, 5.41) is -0.0690. The molecule has 0 spiro atoms. The molecule has 1 amide bonds. The SMILES string of the molecule is NC1CCC(C(F)(F)F)N(C(=O)COc2ccc(F)cc2Cl)C1. The van der Waals surface area contributed by atoms with Crippen molar-refractivity contribution in [2.75, 3.05) is 13.2 Å². The monoisotopic (exact) mass is 354 g/mol. The number of carbonyl (C=O) groups is 1. The molecule has 128 valence electrons. The van der Waals surface area contributed by atoms with Crippen molar-refractivity contribution in [2.45, 2.75) is 31.1 Å². The molecule has 0 aliphatic carbocycles. The molecule has 1 aromatic rings. The number of nitrogens with zero attached hydrogens (tertiary/aromatic N) is 1. The van der Waals surface area contributed by atoms with Crippen LogP contribution in [0.25, 0.3) is 0 Å². The van der Waals surface area contributed by atoms with Gasteiger partial charge in [-0.25, -0.2) is 4.39 Å². The number of benzene rings is 1. The van der Waals surface area contributed by atoms with Gasteiger partial charge in [-0.15, -0.1) is 0 Å². The third-order valence-corrected chi connectivity index (χ3v) is 3.86. The number of halogens is 5. The molecule has 2 N–H and O–H groups in total. The third-order valence-electron chi connectivity index (χ3n) is 3.56. The molecule has 2 unspecified atom stereocenters. The predicted octanol–water partition coefficient (Wildman–Crippen LogP) is 2.74. The van der Waals surface area contributed by atoms with Crippen molar-refractivity contribution < 1.29 is 27.1 Å². The predicted molar refractivity (Wildman–Crippen MR) is 75.7 cm³/mol. The van der Waals surface area contributed by atoms with Crippen molar-refractivity contribution in [1.82, 2.24) is 4.90 Å². The molecule has 0 saturated carbocycles. The van der Waals surface area contributed by atoms with E-state index in [1.54, 1.807) is 0 Å². The maximum Gasteiger partial charge on any atom is 0.408 e. The van der Waals surface area contributed by atoms with Gasteiger partial charge in [0.25, 0.3) is 5.91 Å². The van der Waals surface area contributed by atoms with Crippen LogP contribution < -0.4 is 10.5 Å². The van der Waals surface area contributed by atoms with Crippen molar-refractivity contribution in [3.8, 4) is 5.75 Å². The molecule has 0 bridgehead atoms. The van der Waals surface area contributed by atoms with Gasteiger partial charge in [0.05, 0.1) is 5.02 Å². The summed E-state index contributed by atoms with van der Waals surface area (Å²) in [7, 11) is 0. The van der Waals surface area contributed by atoms with E-state index in [9.17, 15) is 22.4 Å². The number of amides is 1. The Morgan fingerprint density at radius 3 is 2.70 bits per heavy atom. The van der Waals surface area contributed by atoms with E-state index in [2.05, 4.69) is 0 Å². The van der Waals surface area contributed by atoms with E-state index < -0.39 is 36.6 Å². The molecule has 1 fully saturated rings. The zero-order valence-corrected chi connectivity index (χ0v) is 12.7. The second-order valence-electron chi connectivity index (χ2n) is 5.30. The van der Waals surface area contributed by atoms with Gasteiger partial charge >= 0.3 is 6.18 Å². The number of nitrogens with two attached hydrogens (primary N) is 1. The van der Waals surface area contributed by atoms with Crippen LogP contribution in [0.4, 0.5) is 17.6 Å². The average Bonchev–Trinajstić information content (AvgIpc) is 2.44. The minimum absolute atomic E-state index is 0.0197. The molecule has 0 aromatic heterocycles. The van der Waals surface area contributed by atoms with Crippen LogP contribution in [0.1, 0.15) is 12.8 Å². The van der Waals surface area contributed by atoms with Gasteiger partial charge in [-0.3, -0.25) is 4.79 Å². The highest BCUT2D eigenvalue weighted by Gasteiger charge is 2.47. The van der Waals surface area contributed by atoms with Gasteiger partial charge in [0.1, 0.15) is 17.6 Å². The van der Waals surface area contributed by atoms with Crippen molar-refractivity contribution >= 4 is 17.5 Å². The van der Waals surface area contributed by atoms with E-state index in [0.717, 1.165) is 12.1 Å². The van der Waals surface area contributed by atoms with E-state index in [0.29, 0.717) is 4.90 Å². The first-order valence-corrected chi connectivity index (χ1v) is 7.26. The van der Waals surface area contributed by atoms with Crippen LogP contribution in [0, 0.1) is 5.82 Å². The highest BCUT2D eigenvalue weighted by Crippen LogP contribution is 2.32. The number of ether oxygens (including phenoxy) is 1. The van der Waals surface area contributed by atoms with Gasteiger partial charge in [0.15, 0.2) is 6.61 Å². The standard InChI is InChI=1S/C14H15ClF4N2O2/c15-10-5-8(16)1-3-11(10)23-7-13(22)21-6-9(20)2-4-12(21)14(17,18)19/h1,3,5,9,12H,2,4,6-7,20H2. The molecule has 1 heterocycles. The van der Waals surface area contributed by atoms with Crippen molar-refractivity contribution in [2.24, 2.45) is 5.73 Å². The quantitative estimate of drug-likeness (QED) is 0.849. The van der Waals surface area contributed by atoms with Gasteiger partial charge in [-0.05, 0) is 31.0 Å². The zero-order valence-electron chi connectivity index (χ0n) is 11.9. The fraction of sp³-hybridized carbons (Fsp3) is 0.500. The van der Waals surface area contributed by atoms with Crippen LogP contribution in [0.3, 0.4) is 0 Å². The molecule has 9 heteroatoms. The van der Waals surface area contributed by atoms with Crippen molar-refractivity contribution in [1.29, 1.82) is 0 Å². The normalized spacial score (nSPS) is 22.1. The van der Waals surface area contributed by atoms with Crippen LogP contribution in [0.2, 0.25) is 5.02 Å². The highest BCUT2D eigenvalue weighted by atomic mass is 35.5. The summed E-state index contributed by atoms with van der Waals surface area (Å²) in [6.07, 6.45) is -4.57. The molecule has 1 saturated heterocycles. The van der Waals surface area contributed by atoms with E-state index in [-0.39, 0.29) is 30.2 Å². The Kier molecular flexibility index (Phi) is 5.36. The summed E-state index contributed by atoms with van der Waals surface area (Å²) in [5.74, 6) is -1.41. The lowest BCUT2D eigenvalue weighted by Crippen LogP contribution is -2.57. The first-order chi connectivity index (χ1) is 10.7. The van der Waals surface area contributed by atoms with Crippen LogP contribution in [0.5, 0.6) is 5.75 Å². The van der Waals surface area contributed by atoms with E-state index in [4.69, 9.17) is 22.1 Å². The van der Waals surface area contributed by atoms with Gasteiger partial charge in [-0.1, -0.05) is 11.6 Å². The summed E-state index contributed by atoms with van der Waals surface area (Å²) in [6, 6.07) is 0.875. The van der Waals surface area contributed by atoms with Crippen LogP contribution >= 0.6 is 11.6 Å². The lowest BCUT2D eigenvalue weighted by molar-refractivity contribution is -0.197. The number of hydrogen-bond acceptors (Lipinski definition) is 3. The zero-order chi connectivity index (χ0) is 17.2. The second kappa shape index (κ2) is 6.92. The second-order valence-corrected chi connectivity index (χ2v) is 5.71. The largest absolute Gasteiger partial charge is 0.482 e. The van der Waals surface area contributed by atoms with E-state index in [1.165, 1.54) is 6.07 Å². The van der Waals surface area contributed by atoms with Gasteiger partial charge in [0, 0.05) is 12.6 Å². The fourth-order valence-electron chi connectivity index (χ4n) is 2.43. The van der Waals surface area contributed by atoms with Crippen molar-refractivity contribution in [3.63, 3.8) is 0 Å². The fourth-order valence-corrected chi connectivity index (χ4v) is 2.65. The maximum absolute atomic E-state index is 13.0. The molecule has 0 radical (unpaired) electrons. The number of piperidine rings is 1. The molecule has 2 atom stereocenters. The third kappa shape index (κ3) is 4.48. The molecule has 2 rings (SSSR count). The number of likely N-dealkylation sites (tertiary alicyclic amines) is 1.